The molecule has 2 heterocycles. The first kappa shape index (κ1) is 22.6. The van der Waals surface area contributed by atoms with Crippen LogP contribution in [-0.2, 0) is 16.1 Å². The van der Waals surface area contributed by atoms with Gasteiger partial charge in [0.25, 0.3) is 0 Å². The molecule has 1 aromatic carbocycles. The third-order valence-corrected chi connectivity index (χ3v) is 5.22. The van der Waals surface area contributed by atoms with Crippen molar-refractivity contribution in [1.29, 1.82) is 0 Å². The molecule has 0 bridgehead atoms. The van der Waals surface area contributed by atoms with Gasteiger partial charge < -0.3 is 24.4 Å². The molecule has 2 aliphatic rings. The Bertz CT molecular complexity index is 711. The summed E-state index contributed by atoms with van der Waals surface area (Å²) in [6.45, 7) is 4.57. The van der Waals surface area contributed by atoms with E-state index in [9.17, 15) is 18.0 Å². The third kappa shape index (κ3) is 6.75. The summed E-state index contributed by atoms with van der Waals surface area (Å²) < 4.78 is 52.4. The van der Waals surface area contributed by atoms with E-state index in [0.717, 1.165) is 38.4 Å². The lowest BCUT2D eigenvalue weighted by molar-refractivity contribution is -0.153. The van der Waals surface area contributed by atoms with Crippen molar-refractivity contribution in [3.63, 3.8) is 0 Å². The first-order valence-electron chi connectivity index (χ1n) is 10.0. The number of ether oxygens (including phenoxy) is 3. The van der Waals surface area contributed by atoms with Crippen LogP contribution in [0.2, 0.25) is 0 Å². The number of morpholine rings is 1. The number of hydrogen-bond acceptors (Lipinski definition) is 6. The monoisotopic (exact) mass is 431 g/mol. The molecule has 1 N–H and O–H groups in total. The molecule has 0 saturated carbocycles. The van der Waals surface area contributed by atoms with Gasteiger partial charge in [0.15, 0.2) is 18.1 Å². The minimum atomic E-state index is -4.41. The number of halogens is 3. The molecular weight excluding hydrogens is 403 g/mol. The Kier molecular flexibility index (Phi) is 7.79. The number of rotatable bonds is 9. The van der Waals surface area contributed by atoms with Crippen LogP contribution in [0, 0.1) is 0 Å². The second kappa shape index (κ2) is 10.3. The molecule has 30 heavy (non-hydrogen) atoms. The Morgan fingerprint density at radius 3 is 2.67 bits per heavy atom. The molecule has 10 heteroatoms. The first-order valence-corrected chi connectivity index (χ1v) is 10.0. The van der Waals surface area contributed by atoms with Crippen molar-refractivity contribution in [3.8, 4) is 11.5 Å². The largest absolute Gasteiger partial charge is 0.493 e. The lowest BCUT2D eigenvalue weighted by Gasteiger charge is -2.28. The van der Waals surface area contributed by atoms with Crippen molar-refractivity contribution < 1.29 is 32.2 Å². The summed E-state index contributed by atoms with van der Waals surface area (Å²) in [7, 11) is 1.38. The van der Waals surface area contributed by atoms with Gasteiger partial charge in [0.1, 0.15) is 0 Å². The van der Waals surface area contributed by atoms with Gasteiger partial charge in [-0.1, -0.05) is 6.07 Å². The van der Waals surface area contributed by atoms with E-state index in [1.165, 1.54) is 13.2 Å². The number of nitrogens with one attached hydrogen (secondary N) is 1. The van der Waals surface area contributed by atoms with E-state index in [2.05, 4.69) is 10.2 Å². The van der Waals surface area contributed by atoms with Gasteiger partial charge in [0.05, 0.1) is 20.3 Å². The number of alkyl halides is 3. The number of amides is 1. The SMILES string of the molecule is COc1cc(CNC2CC(=O)N(CCN3CCOCC3)C2)ccc1OCC(F)(F)F. The van der Waals surface area contributed by atoms with Gasteiger partial charge in [0.2, 0.25) is 5.91 Å². The van der Waals surface area contributed by atoms with E-state index in [4.69, 9.17) is 14.2 Å². The van der Waals surface area contributed by atoms with E-state index in [1.807, 2.05) is 4.90 Å². The number of nitrogens with zero attached hydrogens (tertiary/aromatic N) is 2. The minimum absolute atomic E-state index is 0.0364. The molecule has 0 radical (unpaired) electrons. The number of hydrogen-bond donors (Lipinski definition) is 1. The van der Waals surface area contributed by atoms with Crippen molar-refractivity contribution in [3.05, 3.63) is 23.8 Å². The average molecular weight is 431 g/mol. The summed E-state index contributed by atoms with van der Waals surface area (Å²) in [5, 5.41) is 3.35. The fraction of sp³-hybridized carbons (Fsp3) is 0.650. The highest BCUT2D eigenvalue weighted by Gasteiger charge is 2.30. The zero-order chi connectivity index (χ0) is 21.6. The lowest BCUT2D eigenvalue weighted by Crippen LogP contribution is -2.42. The van der Waals surface area contributed by atoms with Gasteiger partial charge >= 0.3 is 6.18 Å². The second-order valence-corrected chi connectivity index (χ2v) is 7.46. The van der Waals surface area contributed by atoms with Crippen LogP contribution in [-0.4, -0.2) is 87.6 Å². The van der Waals surface area contributed by atoms with Crippen molar-refractivity contribution in [2.45, 2.75) is 25.2 Å². The molecule has 1 unspecified atom stereocenters. The molecule has 0 aliphatic carbocycles. The van der Waals surface area contributed by atoms with Crippen LogP contribution in [0.15, 0.2) is 18.2 Å². The predicted octanol–water partition coefficient (Wildman–Crippen LogP) is 1.66. The van der Waals surface area contributed by atoms with E-state index in [-0.39, 0.29) is 23.4 Å². The molecule has 2 fully saturated rings. The van der Waals surface area contributed by atoms with E-state index >= 15 is 0 Å². The summed E-state index contributed by atoms with van der Waals surface area (Å²) in [6.07, 6.45) is -3.97. The topological polar surface area (TPSA) is 63.3 Å². The molecule has 2 saturated heterocycles. The number of methoxy groups -OCH3 is 1. The maximum absolute atomic E-state index is 12.4. The Labute approximate surface area is 174 Å². The molecule has 168 valence electrons. The van der Waals surface area contributed by atoms with Crippen molar-refractivity contribution >= 4 is 5.91 Å². The van der Waals surface area contributed by atoms with Gasteiger partial charge in [-0.25, -0.2) is 0 Å². The lowest BCUT2D eigenvalue weighted by atomic mass is 10.1. The number of carbonyl (C=O) groups excluding carboxylic acids is 1. The first-order chi connectivity index (χ1) is 14.3. The molecule has 1 aromatic rings. The second-order valence-electron chi connectivity index (χ2n) is 7.46. The van der Waals surface area contributed by atoms with Gasteiger partial charge in [0, 0.05) is 51.7 Å². The van der Waals surface area contributed by atoms with Crippen LogP contribution in [0.25, 0.3) is 0 Å². The normalized spacial score (nSPS) is 20.6. The highest BCUT2D eigenvalue weighted by molar-refractivity contribution is 5.79. The van der Waals surface area contributed by atoms with Crippen molar-refractivity contribution in [2.24, 2.45) is 0 Å². The Morgan fingerprint density at radius 1 is 1.20 bits per heavy atom. The van der Waals surface area contributed by atoms with E-state index in [0.29, 0.717) is 26.1 Å². The Hall–Kier alpha value is -2.04. The Morgan fingerprint density at radius 2 is 1.97 bits per heavy atom. The van der Waals surface area contributed by atoms with E-state index < -0.39 is 12.8 Å². The molecule has 2 aliphatic heterocycles. The Balaban J connectivity index is 1.46. The summed E-state index contributed by atoms with van der Waals surface area (Å²) in [4.78, 5) is 16.5. The standard InChI is InChI=1S/C20H28F3N3O4/c1-28-18-10-15(2-3-17(18)30-14-20(21,22)23)12-24-16-11-19(27)26(13-16)5-4-25-6-8-29-9-7-25/h2-3,10,16,24H,4-9,11-14H2,1H3. The van der Waals surface area contributed by atoms with Crippen LogP contribution in [0.1, 0.15) is 12.0 Å². The van der Waals surface area contributed by atoms with Crippen LogP contribution in [0.3, 0.4) is 0 Å². The third-order valence-electron chi connectivity index (χ3n) is 5.22. The van der Waals surface area contributed by atoms with Gasteiger partial charge in [-0.2, -0.15) is 13.2 Å². The average Bonchev–Trinajstić information content (AvgIpc) is 3.09. The minimum Gasteiger partial charge on any atom is -0.493 e. The van der Waals surface area contributed by atoms with Crippen LogP contribution < -0.4 is 14.8 Å². The molecule has 1 atom stereocenters. The highest BCUT2D eigenvalue weighted by Crippen LogP contribution is 2.30. The zero-order valence-electron chi connectivity index (χ0n) is 17.0. The van der Waals surface area contributed by atoms with E-state index in [1.54, 1.807) is 12.1 Å². The van der Waals surface area contributed by atoms with Crippen LogP contribution in [0.5, 0.6) is 11.5 Å². The summed E-state index contributed by atoms with van der Waals surface area (Å²) in [5.41, 5.74) is 0.838. The number of carbonyl (C=O) groups is 1. The van der Waals surface area contributed by atoms with Crippen molar-refractivity contribution in [1.82, 2.24) is 15.1 Å². The molecule has 0 spiro atoms. The zero-order valence-corrected chi connectivity index (χ0v) is 17.0. The van der Waals surface area contributed by atoms with Gasteiger partial charge in [-0.3, -0.25) is 9.69 Å². The summed E-state index contributed by atoms with van der Waals surface area (Å²) in [6, 6.07) is 4.84. The molecular formula is C20H28F3N3O4. The predicted molar refractivity (Wildman–Crippen MR) is 104 cm³/mol. The highest BCUT2D eigenvalue weighted by atomic mass is 19.4. The maximum atomic E-state index is 12.4. The summed E-state index contributed by atoms with van der Waals surface area (Å²) >= 11 is 0. The molecule has 7 nitrogen and oxygen atoms in total. The number of benzene rings is 1. The fourth-order valence-corrected chi connectivity index (χ4v) is 3.57. The fourth-order valence-electron chi connectivity index (χ4n) is 3.57. The quantitative estimate of drug-likeness (QED) is 0.642. The smallest absolute Gasteiger partial charge is 0.422 e. The maximum Gasteiger partial charge on any atom is 0.422 e. The number of likely N-dealkylation sites (tertiary alicyclic amines) is 1. The van der Waals surface area contributed by atoms with Gasteiger partial charge in [-0.15, -0.1) is 0 Å². The summed E-state index contributed by atoms with van der Waals surface area (Å²) in [5.74, 6) is 0.423. The van der Waals surface area contributed by atoms with Crippen molar-refractivity contribution in [2.75, 3.05) is 59.7 Å². The van der Waals surface area contributed by atoms with Gasteiger partial charge in [-0.05, 0) is 17.7 Å². The molecule has 1 amide bonds. The van der Waals surface area contributed by atoms with Crippen LogP contribution in [0.4, 0.5) is 13.2 Å². The van der Waals surface area contributed by atoms with Crippen LogP contribution >= 0.6 is 0 Å². The molecule has 0 aromatic heterocycles. The molecule has 3 rings (SSSR count).